The lowest BCUT2D eigenvalue weighted by Gasteiger charge is -2.52. The van der Waals surface area contributed by atoms with E-state index in [9.17, 15) is 27.2 Å². The van der Waals surface area contributed by atoms with Crippen LogP contribution in [0, 0.1) is 24.6 Å². The maximum atomic E-state index is 14.5. The van der Waals surface area contributed by atoms with Crippen LogP contribution in [0.4, 0.5) is 22.4 Å². The summed E-state index contributed by atoms with van der Waals surface area (Å²) in [5, 5.41) is 7.34. The Balaban J connectivity index is 0.000000644. The SMILES string of the molecule is CCCCC1CN(CC2CCCCC2)C(=O)OC12CCN(C1CCN(C(=O)c3c(F)ccc(C)c3Cl)CC1)CC2.O=C(O)C(F)(F)F. The molecule has 264 valence electrons. The number of halogens is 5. The number of nitrogens with zero attached hydrogens (tertiary/aromatic N) is 3. The highest BCUT2D eigenvalue weighted by atomic mass is 35.5. The van der Waals surface area contributed by atoms with Gasteiger partial charge in [-0.1, -0.05) is 56.7 Å². The van der Waals surface area contributed by atoms with Crippen LogP contribution in [-0.4, -0.2) is 94.9 Å². The Hall–Kier alpha value is -2.60. The summed E-state index contributed by atoms with van der Waals surface area (Å²) < 4.78 is 52.6. The van der Waals surface area contributed by atoms with Crippen molar-refractivity contribution >= 4 is 29.6 Å². The Morgan fingerprint density at radius 2 is 1.66 bits per heavy atom. The van der Waals surface area contributed by atoms with Gasteiger partial charge in [0, 0.05) is 64.1 Å². The number of piperidine rings is 2. The summed E-state index contributed by atoms with van der Waals surface area (Å²) >= 11 is 6.31. The molecule has 3 aliphatic heterocycles. The van der Waals surface area contributed by atoms with Crippen molar-refractivity contribution in [3.63, 3.8) is 0 Å². The number of hydrogen-bond donors (Lipinski definition) is 1. The smallest absolute Gasteiger partial charge is 0.475 e. The first-order valence-corrected chi connectivity index (χ1v) is 17.4. The minimum atomic E-state index is -5.08. The summed E-state index contributed by atoms with van der Waals surface area (Å²) in [6.45, 7) is 8.75. The Morgan fingerprint density at radius 3 is 2.23 bits per heavy atom. The topological polar surface area (TPSA) is 90.4 Å². The van der Waals surface area contributed by atoms with Crippen molar-refractivity contribution in [1.82, 2.24) is 14.7 Å². The molecule has 4 fully saturated rings. The van der Waals surface area contributed by atoms with Crippen molar-refractivity contribution < 1.29 is 41.8 Å². The maximum absolute atomic E-state index is 14.5. The number of aryl methyl sites for hydroxylation is 1. The molecule has 5 rings (SSSR count). The monoisotopic (exact) mass is 689 g/mol. The van der Waals surface area contributed by atoms with Gasteiger partial charge in [-0.3, -0.25) is 9.69 Å². The van der Waals surface area contributed by atoms with Crippen molar-refractivity contribution in [1.29, 1.82) is 0 Å². The van der Waals surface area contributed by atoms with E-state index in [0.717, 1.165) is 64.7 Å². The summed E-state index contributed by atoms with van der Waals surface area (Å²) in [5.41, 5.74) is 0.359. The van der Waals surface area contributed by atoms with Crippen LogP contribution < -0.4 is 0 Å². The number of unbranched alkanes of at least 4 members (excludes halogenated alkanes) is 1. The van der Waals surface area contributed by atoms with Gasteiger partial charge >= 0.3 is 18.2 Å². The van der Waals surface area contributed by atoms with E-state index in [1.807, 2.05) is 4.90 Å². The van der Waals surface area contributed by atoms with E-state index >= 15 is 0 Å². The van der Waals surface area contributed by atoms with Crippen LogP contribution in [0.25, 0.3) is 0 Å². The normalized spacial score (nSPS) is 22.9. The molecular weight excluding hydrogens is 642 g/mol. The Morgan fingerprint density at radius 1 is 1.04 bits per heavy atom. The molecule has 47 heavy (non-hydrogen) atoms. The fraction of sp³-hybridized carbons (Fsp3) is 0.735. The van der Waals surface area contributed by atoms with Crippen molar-refractivity contribution in [2.75, 3.05) is 39.3 Å². The third-order valence-electron chi connectivity index (χ3n) is 10.5. The fourth-order valence-electron chi connectivity index (χ4n) is 7.69. The first-order chi connectivity index (χ1) is 22.3. The summed E-state index contributed by atoms with van der Waals surface area (Å²) in [6.07, 6.45) is 8.12. The number of carboxylic acids is 1. The molecule has 1 spiro atoms. The first kappa shape index (κ1) is 37.2. The molecule has 3 heterocycles. The number of alkyl halides is 3. The van der Waals surface area contributed by atoms with Crippen LogP contribution in [0.3, 0.4) is 0 Å². The maximum Gasteiger partial charge on any atom is 0.490 e. The average molecular weight is 690 g/mol. The highest BCUT2D eigenvalue weighted by molar-refractivity contribution is 6.34. The van der Waals surface area contributed by atoms with Crippen molar-refractivity contribution in [3.8, 4) is 0 Å². The minimum Gasteiger partial charge on any atom is -0.475 e. The van der Waals surface area contributed by atoms with Crippen molar-refractivity contribution in [3.05, 3.63) is 34.1 Å². The van der Waals surface area contributed by atoms with Gasteiger partial charge in [0.15, 0.2) is 0 Å². The van der Waals surface area contributed by atoms with Crippen LogP contribution in [0.5, 0.6) is 0 Å². The van der Waals surface area contributed by atoms with E-state index in [0.29, 0.717) is 36.5 Å². The molecule has 1 unspecified atom stereocenters. The lowest BCUT2D eigenvalue weighted by Crippen LogP contribution is -2.61. The average Bonchev–Trinajstić information content (AvgIpc) is 3.04. The van der Waals surface area contributed by atoms with Crippen LogP contribution in [0.15, 0.2) is 12.1 Å². The molecule has 1 N–H and O–H groups in total. The van der Waals surface area contributed by atoms with Crippen LogP contribution in [0.1, 0.15) is 99.9 Å². The quantitative estimate of drug-likeness (QED) is 0.295. The van der Waals surface area contributed by atoms with Gasteiger partial charge < -0.3 is 19.6 Å². The van der Waals surface area contributed by atoms with Gasteiger partial charge in [-0.15, -0.1) is 0 Å². The Labute approximate surface area is 279 Å². The van der Waals surface area contributed by atoms with E-state index in [2.05, 4.69) is 11.8 Å². The molecule has 1 aromatic carbocycles. The standard InChI is InChI=1S/C32H47ClFN3O3.C2HF3O2/c1-3-4-10-25-22-37(21-24-8-6-5-7-9-24)31(39)40-32(25)15-19-35(20-16-32)26-13-17-36(18-14-26)30(38)28-27(34)12-11-23(2)29(28)33;3-2(4,5)1(6)7/h11-12,24-26H,3-10,13-22H2,1-2H3;(H,6,7). The van der Waals surface area contributed by atoms with Gasteiger partial charge in [0.2, 0.25) is 0 Å². The third-order valence-corrected chi connectivity index (χ3v) is 11.0. The number of carboxylic acid groups (broad SMARTS) is 1. The molecule has 3 saturated heterocycles. The second kappa shape index (κ2) is 16.2. The number of carbonyl (C=O) groups excluding carboxylic acids is 2. The summed E-state index contributed by atoms with van der Waals surface area (Å²) in [4.78, 5) is 41.6. The minimum absolute atomic E-state index is 0.00482. The number of rotatable bonds is 7. The highest BCUT2D eigenvalue weighted by Gasteiger charge is 2.50. The molecule has 0 bridgehead atoms. The van der Waals surface area contributed by atoms with E-state index < -0.39 is 18.0 Å². The van der Waals surface area contributed by atoms with Gasteiger partial charge in [0.05, 0.1) is 10.6 Å². The van der Waals surface area contributed by atoms with Gasteiger partial charge in [0.25, 0.3) is 5.91 Å². The van der Waals surface area contributed by atoms with E-state index in [4.69, 9.17) is 26.2 Å². The second-order valence-electron chi connectivity index (χ2n) is 13.6. The van der Waals surface area contributed by atoms with Crippen LogP contribution in [0.2, 0.25) is 5.02 Å². The van der Waals surface area contributed by atoms with Gasteiger partial charge in [0.1, 0.15) is 11.4 Å². The fourth-order valence-corrected chi connectivity index (χ4v) is 7.92. The van der Waals surface area contributed by atoms with E-state index in [1.54, 1.807) is 17.9 Å². The molecule has 1 aromatic rings. The zero-order valence-electron chi connectivity index (χ0n) is 27.4. The molecular formula is C34H48ClF4N3O5. The number of benzene rings is 1. The molecule has 2 amide bonds. The van der Waals surface area contributed by atoms with Crippen molar-refractivity contribution in [2.24, 2.45) is 11.8 Å². The van der Waals surface area contributed by atoms with E-state index in [1.165, 1.54) is 44.6 Å². The first-order valence-electron chi connectivity index (χ1n) is 17.0. The number of ether oxygens (including phenoxy) is 1. The molecule has 0 aromatic heterocycles. The van der Waals surface area contributed by atoms with Gasteiger partial charge in [-0.05, 0) is 56.6 Å². The molecule has 1 atom stereocenters. The zero-order valence-corrected chi connectivity index (χ0v) is 28.2. The summed E-state index contributed by atoms with van der Waals surface area (Å²) in [7, 11) is 0. The molecule has 4 aliphatic rings. The number of aliphatic carboxylic acids is 1. The Kier molecular flexibility index (Phi) is 12.8. The summed E-state index contributed by atoms with van der Waals surface area (Å²) in [6, 6.07) is 3.32. The molecule has 1 aliphatic carbocycles. The number of carbonyl (C=O) groups is 3. The van der Waals surface area contributed by atoms with Crippen LogP contribution >= 0.6 is 11.6 Å². The Bertz CT molecular complexity index is 1240. The summed E-state index contributed by atoms with van der Waals surface area (Å²) in [5.74, 6) is -2.61. The molecule has 8 nitrogen and oxygen atoms in total. The van der Waals surface area contributed by atoms with Crippen molar-refractivity contribution in [2.45, 2.75) is 109 Å². The number of likely N-dealkylation sites (tertiary alicyclic amines) is 2. The molecule has 0 radical (unpaired) electrons. The lowest BCUT2D eigenvalue weighted by molar-refractivity contribution is -0.192. The molecule has 13 heteroatoms. The zero-order chi connectivity index (χ0) is 34.4. The number of amides is 2. The van der Waals surface area contributed by atoms with Gasteiger partial charge in [-0.2, -0.15) is 13.2 Å². The largest absolute Gasteiger partial charge is 0.490 e. The van der Waals surface area contributed by atoms with Gasteiger partial charge in [-0.25, -0.2) is 14.0 Å². The predicted molar refractivity (Wildman–Crippen MR) is 170 cm³/mol. The van der Waals surface area contributed by atoms with Crippen LogP contribution in [-0.2, 0) is 9.53 Å². The predicted octanol–water partition coefficient (Wildman–Crippen LogP) is 7.70. The lowest BCUT2D eigenvalue weighted by atomic mass is 9.75. The molecule has 1 saturated carbocycles. The second-order valence-corrected chi connectivity index (χ2v) is 14.0. The number of hydrogen-bond acceptors (Lipinski definition) is 5. The van der Waals surface area contributed by atoms with E-state index in [-0.39, 0.29) is 28.2 Å². The highest BCUT2D eigenvalue weighted by Crippen LogP contribution is 2.42. The third kappa shape index (κ3) is 9.31.